The molecular weight excluding hydrogens is 516 g/mol. The van der Waals surface area contributed by atoms with Crippen molar-refractivity contribution in [1.82, 2.24) is 0 Å². The molecule has 1 nitrogen and oxygen atoms in total. The van der Waals surface area contributed by atoms with Gasteiger partial charge in [-0.3, -0.25) is 0 Å². The number of methoxy groups -OCH3 is 1. The van der Waals surface area contributed by atoms with Gasteiger partial charge in [0.25, 0.3) is 0 Å². The van der Waals surface area contributed by atoms with E-state index in [0.717, 1.165) is 59.8 Å². The Morgan fingerprint density at radius 1 is 0.600 bits per heavy atom. The largest absolute Gasteiger partial charge is 0.497 e. The van der Waals surface area contributed by atoms with Crippen molar-refractivity contribution in [3.8, 4) is 50.3 Å². The molecule has 0 radical (unpaired) electrons. The Labute approximate surface area is 220 Å². The zero-order valence-electron chi connectivity index (χ0n) is 19.6. The van der Waals surface area contributed by atoms with Gasteiger partial charge in [0.15, 0.2) is 0 Å². The van der Waals surface area contributed by atoms with Gasteiger partial charge in [-0.05, 0) is 92.1 Å². The molecular formula is C32H24BrClO. The highest BCUT2D eigenvalue weighted by Crippen LogP contribution is 2.48. The molecule has 5 aromatic rings. The predicted molar refractivity (Wildman–Crippen MR) is 152 cm³/mol. The van der Waals surface area contributed by atoms with Crippen LogP contribution in [0.2, 0.25) is 5.02 Å². The van der Waals surface area contributed by atoms with Crippen molar-refractivity contribution >= 4 is 27.5 Å². The Hall–Kier alpha value is -3.33. The molecule has 0 aliphatic rings. The van der Waals surface area contributed by atoms with Gasteiger partial charge >= 0.3 is 0 Å². The highest BCUT2D eigenvalue weighted by Gasteiger charge is 2.21. The lowest BCUT2D eigenvalue weighted by Gasteiger charge is -2.22. The van der Waals surface area contributed by atoms with Crippen molar-refractivity contribution in [2.75, 3.05) is 7.11 Å². The maximum atomic E-state index is 6.26. The number of rotatable bonds is 5. The van der Waals surface area contributed by atoms with E-state index in [9.17, 15) is 0 Å². The number of aryl methyl sites for hydroxylation is 1. The Balaban J connectivity index is 1.90. The molecule has 0 bridgehead atoms. The second kappa shape index (κ2) is 10.1. The summed E-state index contributed by atoms with van der Waals surface area (Å²) in [6, 6.07) is 37.9. The maximum Gasteiger partial charge on any atom is 0.118 e. The molecule has 0 N–H and O–H groups in total. The number of hydrogen-bond acceptors (Lipinski definition) is 1. The van der Waals surface area contributed by atoms with Gasteiger partial charge in [-0.25, -0.2) is 0 Å². The Kier molecular flexibility index (Phi) is 6.77. The normalized spacial score (nSPS) is 10.9. The topological polar surface area (TPSA) is 9.23 Å². The van der Waals surface area contributed by atoms with E-state index in [0.29, 0.717) is 0 Å². The van der Waals surface area contributed by atoms with Crippen molar-refractivity contribution in [2.24, 2.45) is 0 Å². The number of hydrogen-bond donors (Lipinski definition) is 0. The third-order valence-corrected chi connectivity index (χ3v) is 7.30. The van der Waals surface area contributed by atoms with Crippen LogP contribution in [-0.2, 0) is 0 Å². The molecule has 0 unspecified atom stereocenters. The van der Waals surface area contributed by atoms with Crippen molar-refractivity contribution in [3.05, 3.63) is 124 Å². The highest BCUT2D eigenvalue weighted by atomic mass is 79.9. The lowest BCUT2D eigenvalue weighted by Crippen LogP contribution is -1.96. The van der Waals surface area contributed by atoms with E-state index in [1.807, 2.05) is 30.3 Å². The van der Waals surface area contributed by atoms with Crippen molar-refractivity contribution in [3.63, 3.8) is 0 Å². The second-order valence-corrected chi connectivity index (χ2v) is 9.73. The van der Waals surface area contributed by atoms with Crippen LogP contribution >= 0.6 is 27.5 Å². The number of benzene rings is 5. The lowest BCUT2D eigenvalue weighted by atomic mass is 9.84. The molecule has 35 heavy (non-hydrogen) atoms. The van der Waals surface area contributed by atoms with E-state index in [-0.39, 0.29) is 0 Å². The summed E-state index contributed by atoms with van der Waals surface area (Å²) < 4.78 is 6.50. The molecule has 0 amide bonds. The molecule has 0 aliphatic carbocycles. The fraction of sp³-hybridized carbons (Fsp3) is 0.0625. The highest BCUT2D eigenvalue weighted by molar-refractivity contribution is 9.10. The zero-order chi connectivity index (χ0) is 24.4. The first-order chi connectivity index (χ1) is 17.0. The van der Waals surface area contributed by atoms with E-state index in [1.54, 1.807) is 7.11 Å². The van der Waals surface area contributed by atoms with Gasteiger partial charge in [-0.2, -0.15) is 0 Å². The average molecular weight is 540 g/mol. The number of halogens is 2. The molecule has 0 saturated carbocycles. The molecule has 0 saturated heterocycles. The minimum atomic E-state index is 0.721. The molecule has 5 aromatic carbocycles. The minimum absolute atomic E-state index is 0.721. The summed E-state index contributed by atoms with van der Waals surface area (Å²) in [5.41, 5.74) is 10.4. The van der Waals surface area contributed by atoms with Crippen LogP contribution in [0, 0.1) is 6.92 Å². The van der Waals surface area contributed by atoms with E-state index in [4.69, 9.17) is 16.3 Å². The molecule has 3 heteroatoms. The predicted octanol–water partition coefficient (Wildman–Crippen LogP) is 10.1. The first-order valence-corrected chi connectivity index (χ1v) is 12.6. The summed E-state index contributed by atoms with van der Waals surface area (Å²) in [5.74, 6) is 0.832. The Bertz CT molecular complexity index is 1460. The van der Waals surface area contributed by atoms with Crippen molar-refractivity contribution in [1.29, 1.82) is 0 Å². The molecule has 0 fully saturated rings. The smallest absolute Gasteiger partial charge is 0.118 e. The van der Waals surface area contributed by atoms with Crippen LogP contribution < -0.4 is 4.74 Å². The summed E-state index contributed by atoms with van der Waals surface area (Å²) in [7, 11) is 1.69. The zero-order valence-corrected chi connectivity index (χ0v) is 21.9. The molecule has 172 valence electrons. The summed E-state index contributed by atoms with van der Waals surface area (Å²) >= 11 is 10.3. The third-order valence-electron chi connectivity index (χ3n) is 6.22. The van der Waals surface area contributed by atoms with Crippen LogP contribution in [0.1, 0.15) is 5.56 Å². The minimum Gasteiger partial charge on any atom is -0.497 e. The molecule has 0 spiro atoms. The van der Waals surface area contributed by atoms with E-state index >= 15 is 0 Å². The van der Waals surface area contributed by atoms with Crippen LogP contribution in [0.3, 0.4) is 0 Å². The lowest BCUT2D eigenvalue weighted by molar-refractivity contribution is 0.415. The third kappa shape index (κ3) is 4.77. The summed E-state index contributed by atoms with van der Waals surface area (Å²) in [6.07, 6.45) is 0. The Morgan fingerprint density at radius 2 is 1.14 bits per heavy atom. The van der Waals surface area contributed by atoms with Gasteiger partial charge in [0.05, 0.1) is 7.11 Å². The summed E-state index contributed by atoms with van der Waals surface area (Å²) in [6.45, 7) is 2.11. The van der Waals surface area contributed by atoms with Crippen LogP contribution in [0.5, 0.6) is 5.75 Å². The van der Waals surface area contributed by atoms with Crippen LogP contribution in [0.25, 0.3) is 44.5 Å². The van der Waals surface area contributed by atoms with Crippen LogP contribution in [-0.4, -0.2) is 7.11 Å². The van der Waals surface area contributed by atoms with Gasteiger partial charge in [0, 0.05) is 15.1 Å². The van der Waals surface area contributed by atoms with Crippen molar-refractivity contribution < 1.29 is 4.74 Å². The van der Waals surface area contributed by atoms with Crippen LogP contribution in [0.15, 0.2) is 114 Å². The van der Waals surface area contributed by atoms with E-state index in [2.05, 4.69) is 102 Å². The fourth-order valence-corrected chi connectivity index (χ4v) is 5.29. The summed E-state index contributed by atoms with van der Waals surface area (Å²) in [4.78, 5) is 0. The van der Waals surface area contributed by atoms with E-state index in [1.165, 1.54) is 5.56 Å². The Morgan fingerprint density at radius 3 is 1.77 bits per heavy atom. The second-order valence-electron chi connectivity index (χ2n) is 8.50. The SMILES string of the molecule is COc1ccc(-c2c(-c3ccc(Cl)cc3)cc(-c3ccccc3)c(Br)c2-c2ccc(C)cc2)cc1. The van der Waals surface area contributed by atoms with Gasteiger partial charge < -0.3 is 4.74 Å². The van der Waals surface area contributed by atoms with Crippen LogP contribution in [0.4, 0.5) is 0 Å². The molecule has 0 atom stereocenters. The molecule has 0 heterocycles. The van der Waals surface area contributed by atoms with Gasteiger partial charge in [0.1, 0.15) is 5.75 Å². The molecule has 0 aliphatic heterocycles. The molecule has 0 aromatic heterocycles. The van der Waals surface area contributed by atoms with Gasteiger partial charge in [-0.15, -0.1) is 0 Å². The molecule has 5 rings (SSSR count). The average Bonchev–Trinajstić information content (AvgIpc) is 2.90. The first kappa shape index (κ1) is 23.4. The number of ether oxygens (including phenoxy) is 1. The standard InChI is InChI=1S/C32H24BrClO/c1-21-8-10-25(11-9-21)31-30(24-14-18-27(35-2)19-15-24)28(23-12-16-26(34)17-13-23)20-29(32(31)33)22-6-4-3-5-7-22/h3-20H,1-2H3. The van der Waals surface area contributed by atoms with Crippen molar-refractivity contribution in [2.45, 2.75) is 6.92 Å². The quantitative estimate of drug-likeness (QED) is 0.216. The summed E-state index contributed by atoms with van der Waals surface area (Å²) in [5, 5.41) is 0.721. The van der Waals surface area contributed by atoms with E-state index < -0.39 is 0 Å². The maximum absolute atomic E-state index is 6.26. The first-order valence-electron chi connectivity index (χ1n) is 11.4. The monoisotopic (exact) mass is 538 g/mol. The van der Waals surface area contributed by atoms with Gasteiger partial charge in [-0.1, -0.05) is 96.0 Å². The van der Waals surface area contributed by atoms with Gasteiger partial charge in [0.2, 0.25) is 0 Å². The fourth-order valence-electron chi connectivity index (χ4n) is 4.39.